The minimum absolute atomic E-state index is 0.0682. The van der Waals surface area contributed by atoms with E-state index < -0.39 is 10.8 Å². The average molecular weight is 379 g/mol. The lowest BCUT2D eigenvalue weighted by atomic mass is 10.0. The van der Waals surface area contributed by atoms with Gasteiger partial charge in [0.1, 0.15) is 30.5 Å². The van der Waals surface area contributed by atoms with Gasteiger partial charge in [0.05, 0.1) is 11.0 Å². The number of anilines is 1. The van der Waals surface area contributed by atoms with Gasteiger partial charge in [-0.25, -0.2) is 0 Å². The largest absolute Gasteiger partial charge is 0.486 e. The number of benzene rings is 2. The highest BCUT2D eigenvalue weighted by Gasteiger charge is 2.24. The number of nitrogens with one attached hydrogen (secondary N) is 1. The number of nitro benzene ring substituents is 1. The Morgan fingerprint density at radius 3 is 2.54 bits per heavy atom. The van der Waals surface area contributed by atoms with Gasteiger partial charge in [0.25, 0.3) is 11.6 Å². The standard InChI is InChI=1S/C20H17N3O5/c1-12-3-4-13(2)14(7-12)8-15(11-21)20(24)22-16-9-18-19(28-6-5-27-18)10-17(16)23(25)26/h3-4,7-10H,5-6H2,1-2H3,(H,22,24)/b15-8+. The monoisotopic (exact) mass is 379 g/mol. The number of carbonyl (C=O) groups excluding carboxylic acids is 1. The lowest BCUT2D eigenvalue weighted by Gasteiger charge is -2.19. The zero-order valence-electron chi connectivity index (χ0n) is 15.3. The first-order valence-corrected chi connectivity index (χ1v) is 8.47. The molecule has 1 aliphatic rings. The van der Waals surface area contributed by atoms with Gasteiger partial charge in [-0.2, -0.15) is 5.26 Å². The molecule has 1 N–H and O–H groups in total. The van der Waals surface area contributed by atoms with Crippen molar-refractivity contribution in [3.63, 3.8) is 0 Å². The van der Waals surface area contributed by atoms with E-state index in [2.05, 4.69) is 5.32 Å². The van der Waals surface area contributed by atoms with E-state index >= 15 is 0 Å². The summed E-state index contributed by atoms with van der Waals surface area (Å²) >= 11 is 0. The Morgan fingerprint density at radius 1 is 1.21 bits per heavy atom. The Balaban J connectivity index is 1.95. The molecule has 1 amide bonds. The van der Waals surface area contributed by atoms with E-state index in [-0.39, 0.29) is 29.3 Å². The summed E-state index contributed by atoms with van der Waals surface area (Å²) in [7, 11) is 0. The molecule has 2 aromatic rings. The van der Waals surface area contributed by atoms with Crippen LogP contribution in [0, 0.1) is 35.3 Å². The van der Waals surface area contributed by atoms with Crippen LogP contribution >= 0.6 is 0 Å². The van der Waals surface area contributed by atoms with Crippen molar-refractivity contribution in [3.8, 4) is 17.6 Å². The fourth-order valence-electron chi connectivity index (χ4n) is 2.74. The smallest absolute Gasteiger partial charge is 0.296 e. The van der Waals surface area contributed by atoms with Crippen LogP contribution in [0.15, 0.2) is 35.9 Å². The molecule has 0 bridgehead atoms. The van der Waals surface area contributed by atoms with Gasteiger partial charge >= 0.3 is 0 Å². The Morgan fingerprint density at radius 2 is 1.89 bits per heavy atom. The van der Waals surface area contributed by atoms with E-state index in [1.807, 2.05) is 38.1 Å². The number of ether oxygens (including phenoxy) is 2. The minimum Gasteiger partial charge on any atom is -0.486 e. The van der Waals surface area contributed by atoms with E-state index in [1.54, 1.807) is 0 Å². The van der Waals surface area contributed by atoms with Gasteiger partial charge in [-0.15, -0.1) is 0 Å². The quantitative estimate of drug-likeness (QED) is 0.376. The second kappa shape index (κ2) is 7.80. The van der Waals surface area contributed by atoms with Gasteiger partial charge in [0.2, 0.25) is 0 Å². The maximum atomic E-state index is 12.6. The highest BCUT2D eigenvalue weighted by atomic mass is 16.6. The molecule has 142 valence electrons. The zero-order valence-corrected chi connectivity index (χ0v) is 15.3. The van der Waals surface area contributed by atoms with Crippen LogP contribution < -0.4 is 14.8 Å². The van der Waals surface area contributed by atoms with Gasteiger partial charge in [-0.1, -0.05) is 23.8 Å². The lowest BCUT2D eigenvalue weighted by Crippen LogP contribution is -2.18. The molecule has 0 aliphatic carbocycles. The van der Waals surface area contributed by atoms with Crippen molar-refractivity contribution in [2.75, 3.05) is 18.5 Å². The van der Waals surface area contributed by atoms with E-state index in [0.29, 0.717) is 12.4 Å². The number of nitro groups is 1. The fourth-order valence-corrected chi connectivity index (χ4v) is 2.74. The summed E-state index contributed by atoms with van der Waals surface area (Å²) in [6.45, 7) is 4.35. The molecule has 2 aromatic carbocycles. The Bertz CT molecular complexity index is 1040. The highest BCUT2D eigenvalue weighted by Crippen LogP contribution is 2.39. The molecule has 0 aromatic heterocycles. The summed E-state index contributed by atoms with van der Waals surface area (Å²) in [6, 6.07) is 10.1. The molecular formula is C20H17N3O5. The molecule has 0 fully saturated rings. The van der Waals surface area contributed by atoms with Crippen LogP contribution in [-0.4, -0.2) is 24.0 Å². The molecule has 1 aliphatic heterocycles. The topological polar surface area (TPSA) is 114 Å². The number of hydrogen-bond donors (Lipinski definition) is 1. The number of aryl methyl sites for hydroxylation is 2. The van der Waals surface area contributed by atoms with E-state index in [1.165, 1.54) is 18.2 Å². The van der Waals surface area contributed by atoms with Crippen LogP contribution in [0.4, 0.5) is 11.4 Å². The molecule has 0 radical (unpaired) electrons. The third-order valence-corrected chi connectivity index (χ3v) is 4.21. The molecule has 3 rings (SSSR count). The first kappa shape index (κ1) is 18.9. The Hall–Kier alpha value is -3.86. The van der Waals surface area contributed by atoms with Crippen molar-refractivity contribution < 1.29 is 19.2 Å². The molecular weight excluding hydrogens is 362 g/mol. The summed E-state index contributed by atoms with van der Waals surface area (Å²) in [5.74, 6) is -0.213. The highest BCUT2D eigenvalue weighted by molar-refractivity contribution is 6.10. The predicted molar refractivity (Wildman–Crippen MR) is 102 cm³/mol. The van der Waals surface area contributed by atoms with Gasteiger partial charge in [0.15, 0.2) is 11.5 Å². The number of fused-ring (bicyclic) bond motifs is 1. The average Bonchev–Trinajstić information content (AvgIpc) is 2.67. The lowest BCUT2D eigenvalue weighted by molar-refractivity contribution is -0.384. The maximum absolute atomic E-state index is 12.6. The van der Waals surface area contributed by atoms with Crippen molar-refractivity contribution in [2.45, 2.75) is 13.8 Å². The third-order valence-electron chi connectivity index (χ3n) is 4.21. The van der Waals surface area contributed by atoms with Crippen LogP contribution in [0.5, 0.6) is 11.5 Å². The number of nitrogens with zero attached hydrogens (tertiary/aromatic N) is 2. The fraction of sp³-hybridized carbons (Fsp3) is 0.200. The van der Waals surface area contributed by atoms with Gasteiger partial charge in [-0.05, 0) is 31.1 Å². The van der Waals surface area contributed by atoms with Crippen molar-refractivity contribution in [2.24, 2.45) is 0 Å². The van der Waals surface area contributed by atoms with Crippen LogP contribution in [-0.2, 0) is 4.79 Å². The first-order chi connectivity index (χ1) is 13.4. The van der Waals surface area contributed by atoms with Gasteiger partial charge < -0.3 is 14.8 Å². The summed E-state index contributed by atoms with van der Waals surface area (Å²) in [4.78, 5) is 23.3. The Kier molecular flexibility index (Phi) is 5.27. The molecule has 28 heavy (non-hydrogen) atoms. The zero-order chi connectivity index (χ0) is 20.3. The maximum Gasteiger partial charge on any atom is 0.296 e. The molecule has 0 spiro atoms. The second-order valence-electron chi connectivity index (χ2n) is 6.25. The molecule has 0 unspecified atom stereocenters. The minimum atomic E-state index is -0.747. The van der Waals surface area contributed by atoms with Crippen LogP contribution in [0.1, 0.15) is 16.7 Å². The van der Waals surface area contributed by atoms with Crippen molar-refractivity contribution in [3.05, 3.63) is 62.7 Å². The summed E-state index contributed by atoms with van der Waals surface area (Å²) in [5, 5.41) is 23.2. The third kappa shape index (κ3) is 3.94. The van der Waals surface area contributed by atoms with Gasteiger partial charge in [0, 0.05) is 6.07 Å². The van der Waals surface area contributed by atoms with Crippen LogP contribution in [0.2, 0.25) is 0 Å². The molecule has 8 nitrogen and oxygen atoms in total. The van der Waals surface area contributed by atoms with E-state index in [0.717, 1.165) is 16.7 Å². The molecule has 0 atom stereocenters. The summed E-state index contributed by atoms with van der Waals surface area (Å²) < 4.78 is 10.8. The molecule has 8 heteroatoms. The number of amides is 1. The summed E-state index contributed by atoms with van der Waals surface area (Å²) in [5.41, 5.74) is 2.03. The SMILES string of the molecule is Cc1ccc(C)c(/C=C(\C#N)C(=O)Nc2cc3c(cc2[N+](=O)[O-])OCCO3)c1. The van der Waals surface area contributed by atoms with E-state index in [9.17, 15) is 20.2 Å². The van der Waals surface area contributed by atoms with Crippen molar-refractivity contribution in [1.29, 1.82) is 5.26 Å². The Labute approximate surface area is 161 Å². The van der Waals surface area contributed by atoms with Crippen molar-refractivity contribution >= 4 is 23.4 Å². The number of carbonyl (C=O) groups is 1. The predicted octanol–water partition coefficient (Wildman–Crippen LogP) is 3.53. The summed E-state index contributed by atoms with van der Waals surface area (Å²) in [6.07, 6.45) is 1.46. The normalized spacial score (nSPS) is 12.8. The second-order valence-corrected chi connectivity index (χ2v) is 6.25. The molecule has 0 saturated heterocycles. The number of nitriles is 1. The van der Waals surface area contributed by atoms with Gasteiger partial charge in [-0.3, -0.25) is 14.9 Å². The molecule has 0 saturated carbocycles. The number of rotatable bonds is 4. The van der Waals surface area contributed by atoms with Crippen molar-refractivity contribution in [1.82, 2.24) is 0 Å². The molecule has 1 heterocycles. The first-order valence-electron chi connectivity index (χ1n) is 8.47. The number of hydrogen-bond acceptors (Lipinski definition) is 6. The van der Waals surface area contributed by atoms with Crippen LogP contribution in [0.25, 0.3) is 6.08 Å². The van der Waals surface area contributed by atoms with Crippen LogP contribution in [0.3, 0.4) is 0 Å². The van der Waals surface area contributed by atoms with E-state index in [4.69, 9.17) is 9.47 Å².